The van der Waals surface area contributed by atoms with Gasteiger partial charge < -0.3 is 0 Å². The minimum Gasteiger partial charge on any atom is -0.149 e. The quantitative estimate of drug-likeness (QED) is 0.457. The van der Waals surface area contributed by atoms with Crippen molar-refractivity contribution in [1.29, 1.82) is 0 Å². The maximum atomic E-state index is 10.1. The van der Waals surface area contributed by atoms with Gasteiger partial charge in [0.1, 0.15) is 0 Å². The smallest absolute Gasteiger partial charge is 0.149 e. The van der Waals surface area contributed by atoms with Gasteiger partial charge in [0.2, 0.25) is 0 Å². The number of nitroso groups, excluding NO2 is 1. The summed E-state index contributed by atoms with van der Waals surface area (Å²) >= 11 is 8.91. The molecule has 0 fully saturated rings. The number of nitrogens with zero attached hydrogens (tertiary/aromatic N) is 1. The van der Waals surface area contributed by atoms with E-state index in [0.29, 0.717) is 0 Å². The standard InChI is InChI=1S/C8H7BrClNO/c9-5-6-1-3-7(4-2-6)8(10)11-12/h1-4,8H,5H2. The molecule has 1 aromatic rings. The molecule has 0 heterocycles. The summed E-state index contributed by atoms with van der Waals surface area (Å²) in [4.78, 5) is 10.1. The number of halogens is 2. The van der Waals surface area contributed by atoms with Crippen LogP contribution >= 0.6 is 27.5 Å². The Morgan fingerprint density at radius 1 is 1.42 bits per heavy atom. The van der Waals surface area contributed by atoms with E-state index in [0.717, 1.165) is 16.5 Å². The molecule has 0 aliphatic rings. The summed E-state index contributed by atoms with van der Waals surface area (Å²) < 4.78 is 0. The van der Waals surface area contributed by atoms with E-state index in [1.54, 1.807) is 12.1 Å². The first-order chi connectivity index (χ1) is 5.77. The molecule has 0 saturated carbocycles. The number of alkyl halides is 2. The fourth-order valence-corrected chi connectivity index (χ4v) is 1.35. The topological polar surface area (TPSA) is 29.4 Å². The summed E-state index contributed by atoms with van der Waals surface area (Å²) in [5, 5.41) is 3.52. The maximum absolute atomic E-state index is 10.1. The van der Waals surface area contributed by atoms with E-state index in [1.807, 2.05) is 12.1 Å². The Morgan fingerprint density at radius 2 is 2.00 bits per heavy atom. The van der Waals surface area contributed by atoms with Crippen molar-refractivity contribution in [2.45, 2.75) is 10.8 Å². The van der Waals surface area contributed by atoms with E-state index in [1.165, 1.54) is 0 Å². The Hall–Kier alpha value is -0.410. The minimum atomic E-state index is -0.769. The maximum Gasteiger partial charge on any atom is 0.190 e. The van der Waals surface area contributed by atoms with Crippen LogP contribution in [0, 0.1) is 4.91 Å². The van der Waals surface area contributed by atoms with Gasteiger partial charge in [-0.1, -0.05) is 51.8 Å². The van der Waals surface area contributed by atoms with Crippen LogP contribution in [0.3, 0.4) is 0 Å². The summed E-state index contributed by atoms with van der Waals surface area (Å²) in [5.41, 5.74) is 1.11. The average molecular weight is 249 g/mol. The van der Waals surface area contributed by atoms with Crippen molar-refractivity contribution in [3.63, 3.8) is 0 Å². The van der Waals surface area contributed by atoms with Gasteiger partial charge in [-0.25, -0.2) is 0 Å². The lowest BCUT2D eigenvalue weighted by atomic mass is 10.1. The van der Waals surface area contributed by atoms with Crippen molar-refractivity contribution in [3.05, 3.63) is 40.3 Å². The third kappa shape index (κ3) is 2.29. The van der Waals surface area contributed by atoms with Crippen LogP contribution in [0.25, 0.3) is 0 Å². The van der Waals surface area contributed by atoms with Crippen LogP contribution in [0.15, 0.2) is 29.4 Å². The van der Waals surface area contributed by atoms with Gasteiger partial charge in [-0.3, -0.25) is 0 Å². The summed E-state index contributed by atoms with van der Waals surface area (Å²) in [6.45, 7) is 0. The highest BCUT2D eigenvalue weighted by Crippen LogP contribution is 2.21. The van der Waals surface area contributed by atoms with Crippen LogP contribution in [-0.2, 0) is 5.33 Å². The number of hydrogen-bond donors (Lipinski definition) is 0. The predicted octanol–water partition coefficient (Wildman–Crippen LogP) is 3.59. The molecule has 0 bridgehead atoms. The van der Waals surface area contributed by atoms with Crippen molar-refractivity contribution in [3.8, 4) is 0 Å². The largest absolute Gasteiger partial charge is 0.190 e. The molecule has 64 valence electrons. The summed E-state index contributed by atoms with van der Waals surface area (Å²) in [7, 11) is 0. The molecule has 1 unspecified atom stereocenters. The van der Waals surface area contributed by atoms with Gasteiger partial charge in [-0.15, -0.1) is 4.91 Å². The van der Waals surface area contributed by atoms with Gasteiger partial charge in [-0.2, -0.15) is 0 Å². The molecule has 2 nitrogen and oxygen atoms in total. The minimum absolute atomic E-state index is 0.733. The third-order valence-corrected chi connectivity index (χ3v) is 2.48. The monoisotopic (exact) mass is 247 g/mol. The SMILES string of the molecule is O=NC(Cl)c1ccc(CBr)cc1. The average Bonchev–Trinajstić information content (AvgIpc) is 2.17. The second-order valence-corrected chi connectivity index (χ2v) is 3.29. The van der Waals surface area contributed by atoms with Gasteiger partial charge in [-0.05, 0) is 16.3 Å². The molecule has 1 atom stereocenters. The number of rotatable bonds is 3. The van der Waals surface area contributed by atoms with Crippen LogP contribution in [0.1, 0.15) is 16.6 Å². The van der Waals surface area contributed by atoms with Crippen LogP contribution < -0.4 is 0 Å². The Bertz CT molecular complexity index is 262. The van der Waals surface area contributed by atoms with E-state index in [9.17, 15) is 4.91 Å². The van der Waals surface area contributed by atoms with Gasteiger partial charge in [0.05, 0.1) is 0 Å². The molecule has 1 rings (SSSR count). The Balaban J connectivity index is 2.84. The molecule has 0 radical (unpaired) electrons. The second kappa shape index (κ2) is 4.58. The van der Waals surface area contributed by atoms with Crippen LogP contribution in [0.4, 0.5) is 0 Å². The first-order valence-electron chi connectivity index (χ1n) is 3.39. The molecular weight excluding hydrogens is 241 g/mol. The molecule has 0 aliphatic heterocycles. The lowest BCUT2D eigenvalue weighted by molar-refractivity contribution is 1.00. The van der Waals surface area contributed by atoms with E-state index >= 15 is 0 Å². The van der Waals surface area contributed by atoms with Crippen LogP contribution in [-0.4, -0.2) is 0 Å². The first-order valence-corrected chi connectivity index (χ1v) is 4.95. The molecular formula is C8H7BrClNO. The molecule has 0 aromatic heterocycles. The van der Waals surface area contributed by atoms with E-state index in [4.69, 9.17) is 11.6 Å². The van der Waals surface area contributed by atoms with E-state index in [-0.39, 0.29) is 0 Å². The first kappa shape index (κ1) is 9.68. The normalized spacial score (nSPS) is 12.5. The lowest BCUT2D eigenvalue weighted by Gasteiger charge is -2.01. The lowest BCUT2D eigenvalue weighted by Crippen LogP contribution is -1.85. The van der Waals surface area contributed by atoms with Crippen molar-refractivity contribution in [2.24, 2.45) is 5.18 Å². The third-order valence-electron chi connectivity index (χ3n) is 1.50. The van der Waals surface area contributed by atoms with Gasteiger partial charge >= 0.3 is 0 Å². The Labute approximate surface area is 84.0 Å². The molecule has 1 aromatic carbocycles. The molecule has 0 saturated heterocycles. The number of benzene rings is 1. The van der Waals surface area contributed by atoms with E-state index in [2.05, 4.69) is 21.1 Å². The molecule has 0 N–H and O–H groups in total. The fourth-order valence-electron chi connectivity index (χ4n) is 0.826. The van der Waals surface area contributed by atoms with E-state index < -0.39 is 5.50 Å². The zero-order valence-corrected chi connectivity index (χ0v) is 8.55. The molecule has 0 aliphatic carbocycles. The molecule has 12 heavy (non-hydrogen) atoms. The van der Waals surface area contributed by atoms with Gasteiger partial charge in [0.25, 0.3) is 0 Å². The van der Waals surface area contributed by atoms with Gasteiger partial charge in [0.15, 0.2) is 5.50 Å². The van der Waals surface area contributed by atoms with Gasteiger partial charge in [0, 0.05) is 5.33 Å². The van der Waals surface area contributed by atoms with Crippen molar-refractivity contribution in [2.75, 3.05) is 0 Å². The van der Waals surface area contributed by atoms with Crippen LogP contribution in [0.2, 0.25) is 0 Å². The highest BCUT2D eigenvalue weighted by molar-refractivity contribution is 9.08. The van der Waals surface area contributed by atoms with Crippen molar-refractivity contribution < 1.29 is 0 Å². The highest BCUT2D eigenvalue weighted by atomic mass is 79.9. The second-order valence-electron chi connectivity index (χ2n) is 2.32. The Morgan fingerprint density at radius 3 is 2.42 bits per heavy atom. The molecule has 0 amide bonds. The highest BCUT2D eigenvalue weighted by Gasteiger charge is 2.05. The Kier molecular flexibility index (Phi) is 3.69. The molecule has 0 spiro atoms. The van der Waals surface area contributed by atoms with Crippen LogP contribution in [0.5, 0.6) is 0 Å². The number of hydrogen-bond acceptors (Lipinski definition) is 2. The summed E-state index contributed by atoms with van der Waals surface area (Å²) in [5.74, 6) is 0. The van der Waals surface area contributed by atoms with Crippen molar-refractivity contribution in [1.82, 2.24) is 0 Å². The molecule has 4 heteroatoms. The summed E-state index contributed by atoms with van der Waals surface area (Å²) in [6.07, 6.45) is 0. The zero-order chi connectivity index (χ0) is 8.97. The van der Waals surface area contributed by atoms with Crippen molar-refractivity contribution >= 4 is 27.5 Å². The predicted molar refractivity (Wildman–Crippen MR) is 53.5 cm³/mol. The summed E-state index contributed by atoms with van der Waals surface area (Å²) in [6, 6.07) is 7.42. The zero-order valence-electron chi connectivity index (χ0n) is 6.21. The fraction of sp³-hybridized carbons (Fsp3) is 0.250.